The van der Waals surface area contributed by atoms with Gasteiger partial charge in [-0.2, -0.15) is 0 Å². The second-order valence-electron chi connectivity index (χ2n) is 5.77. The molecule has 5 nitrogen and oxygen atoms in total. The van der Waals surface area contributed by atoms with Crippen LogP contribution in [-0.4, -0.2) is 37.3 Å². The molecule has 1 N–H and O–H groups in total. The monoisotopic (exact) mass is 352 g/mol. The number of carbonyl (C=O) groups is 2. The predicted octanol–water partition coefficient (Wildman–Crippen LogP) is 3.36. The zero-order valence-electron chi connectivity index (χ0n) is 13.6. The van der Waals surface area contributed by atoms with E-state index >= 15 is 0 Å². The molecule has 0 atom stereocenters. The molecule has 1 aliphatic rings. The van der Waals surface area contributed by atoms with Crippen LogP contribution >= 0.6 is 24.0 Å². The van der Waals surface area contributed by atoms with E-state index in [0.29, 0.717) is 15.3 Å². The molecule has 1 fully saturated rings. The summed E-state index contributed by atoms with van der Waals surface area (Å²) < 4.78 is 2.64. The summed E-state index contributed by atoms with van der Waals surface area (Å²) in [7, 11) is 0. The Morgan fingerprint density at radius 2 is 2.09 bits per heavy atom. The van der Waals surface area contributed by atoms with Crippen molar-refractivity contribution in [3.63, 3.8) is 0 Å². The first-order valence-corrected chi connectivity index (χ1v) is 8.60. The van der Waals surface area contributed by atoms with Gasteiger partial charge in [-0.15, -0.1) is 0 Å². The highest BCUT2D eigenvalue weighted by atomic mass is 32.2. The van der Waals surface area contributed by atoms with E-state index in [1.165, 1.54) is 16.7 Å². The van der Waals surface area contributed by atoms with Gasteiger partial charge in [0.05, 0.1) is 11.3 Å². The fraction of sp³-hybridized carbons (Fsp3) is 0.438. The summed E-state index contributed by atoms with van der Waals surface area (Å²) in [5.74, 6) is -1.15. The van der Waals surface area contributed by atoms with E-state index < -0.39 is 5.97 Å². The fourth-order valence-corrected chi connectivity index (χ4v) is 4.08. The first-order chi connectivity index (χ1) is 10.7. The van der Waals surface area contributed by atoms with E-state index in [0.717, 1.165) is 17.0 Å². The Morgan fingerprint density at radius 3 is 2.61 bits per heavy atom. The van der Waals surface area contributed by atoms with E-state index in [9.17, 15) is 9.59 Å². The SMILES string of the molecule is Cc1cc(/C=C2\SC(=S)N(CCC(=O)O)C2=O)c(C)n1C(C)C. The van der Waals surface area contributed by atoms with Gasteiger partial charge in [-0.1, -0.05) is 24.0 Å². The van der Waals surface area contributed by atoms with Crippen molar-refractivity contribution >= 4 is 46.3 Å². The Morgan fingerprint density at radius 1 is 1.43 bits per heavy atom. The third-order valence-electron chi connectivity index (χ3n) is 3.75. The van der Waals surface area contributed by atoms with Crippen molar-refractivity contribution in [2.24, 2.45) is 0 Å². The largest absolute Gasteiger partial charge is 0.481 e. The Labute approximate surface area is 145 Å². The molecule has 0 saturated carbocycles. The highest BCUT2D eigenvalue weighted by molar-refractivity contribution is 8.26. The number of carbonyl (C=O) groups excluding carboxylic acids is 1. The summed E-state index contributed by atoms with van der Waals surface area (Å²) in [6.07, 6.45) is 1.74. The average molecular weight is 352 g/mol. The second kappa shape index (κ2) is 6.88. The second-order valence-corrected chi connectivity index (χ2v) is 7.44. The smallest absolute Gasteiger partial charge is 0.305 e. The van der Waals surface area contributed by atoms with Crippen LogP contribution < -0.4 is 0 Å². The molecule has 0 aromatic carbocycles. The van der Waals surface area contributed by atoms with Crippen LogP contribution in [0.2, 0.25) is 0 Å². The molecule has 1 aliphatic heterocycles. The fourth-order valence-electron chi connectivity index (χ4n) is 2.78. The van der Waals surface area contributed by atoms with Gasteiger partial charge in [-0.25, -0.2) is 0 Å². The van der Waals surface area contributed by atoms with Gasteiger partial charge < -0.3 is 9.67 Å². The number of aryl methyl sites for hydroxylation is 1. The molecule has 1 aromatic rings. The maximum Gasteiger partial charge on any atom is 0.305 e. The zero-order valence-corrected chi connectivity index (χ0v) is 15.3. The third kappa shape index (κ3) is 3.67. The van der Waals surface area contributed by atoms with Crippen molar-refractivity contribution in [1.82, 2.24) is 9.47 Å². The summed E-state index contributed by atoms with van der Waals surface area (Å²) in [6, 6.07) is 2.40. The molecule has 1 aromatic heterocycles. The first-order valence-electron chi connectivity index (χ1n) is 7.38. The Hall–Kier alpha value is -1.60. The maximum atomic E-state index is 12.4. The van der Waals surface area contributed by atoms with Gasteiger partial charge in [0.1, 0.15) is 4.32 Å². The van der Waals surface area contributed by atoms with Crippen molar-refractivity contribution in [2.75, 3.05) is 6.54 Å². The first kappa shape index (κ1) is 17.7. The lowest BCUT2D eigenvalue weighted by molar-refractivity contribution is -0.137. The minimum absolute atomic E-state index is 0.110. The number of aliphatic carboxylic acids is 1. The van der Waals surface area contributed by atoms with Crippen LogP contribution in [-0.2, 0) is 9.59 Å². The third-order valence-corrected chi connectivity index (χ3v) is 5.13. The lowest BCUT2D eigenvalue weighted by atomic mass is 10.2. The number of thiocarbonyl (C=S) groups is 1. The van der Waals surface area contributed by atoms with E-state index in [1.807, 2.05) is 19.9 Å². The van der Waals surface area contributed by atoms with Crippen molar-refractivity contribution in [3.05, 3.63) is 27.9 Å². The van der Waals surface area contributed by atoms with Crippen molar-refractivity contribution in [1.29, 1.82) is 0 Å². The number of hydrogen-bond donors (Lipinski definition) is 1. The van der Waals surface area contributed by atoms with Crippen LogP contribution in [0.3, 0.4) is 0 Å². The molecule has 2 heterocycles. The zero-order chi connectivity index (χ0) is 17.3. The van der Waals surface area contributed by atoms with Crippen LogP contribution in [0.25, 0.3) is 6.08 Å². The predicted molar refractivity (Wildman–Crippen MR) is 96.4 cm³/mol. The quantitative estimate of drug-likeness (QED) is 0.650. The number of thioether (sulfide) groups is 1. The standard InChI is InChI=1S/C16H20N2O3S2/c1-9(2)18-10(3)7-12(11(18)4)8-13-15(21)17(16(22)23-13)6-5-14(19)20/h7-9H,5-6H2,1-4H3,(H,19,20)/b13-8-. The molecule has 0 radical (unpaired) electrons. The Kier molecular flexibility index (Phi) is 5.31. The van der Waals surface area contributed by atoms with Crippen LogP contribution in [0.15, 0.2) is 11.0 Å². The van der Waals surface area contributed by atoms with Crippen molar-refractivity contribution < 1.29 is 14.7 Å². The number of nitrogens with zero attached hydrogens (tertiary/aromatic N) is 2. The summed E-state index contributed by atoms with van der Waals surface area (Å²) in [6.45, 7) is 8.43. The van der Waals surface area contributed by atoms with Gasteiger partial charge >= 0.3 is 5.97 Å². The molecule has 7 heteroatoms. The minimum Gasteiger partial charge on any atom is -0.481 e. The van der Waals surface area contributed by atoms with Crippen LogP contribution in [0.4, 0.5) is 0 Å². The minimum atomic E-state index is -0.941. The summed E-state index contributed by atoms with van der Waals surface area (Å²) in [4.78, 5) is 25.0. The van der Waals surface area contributed by atoms with Gasteiger partial charge in [0, 0.05) is 24.0 Å². The lowest BCUT2D eigenvalue weighted by Crippen LogP contribution is -2.30. The lowest BCUT2D eigenvalue weighted by Gasteiger charge is -2.13. The topological polar surface area (TPSA) is 62.5 Å². The number of rotatable bonds is 5. The van der Waals surface area contributed by atoms with E-state index in [1.54, 1.807) is 0 Å². The molecular weight excluding hydrogens is 332 g/mol. The Balaban J connectivity index is 2.28. The number of carboxylic acid groups (broad SMARTS) is 1. The average Bonchev–Trinajstić information content (AvgIpc) is 2.85. The Bertz CT molecular complexity index is 704. The molecule has 23 heavy (non-hydrogen) atoms. The molecule has 0 aliphatic carbocycles. The van der Waals surface area contributed by atoms with Gasteiger partial charge in [-0.05, 0) is 45.4 Å². The van der Waals surface area contributed by atoms with Gasteiger partial charge in [-0.3, -0.25) is 14.5 Å². The van der Waals surface area contributed by atoms with Gasteiger partial charge in [0.15, 0.2) is 0 Å². The molecule has 1 amide bonds. The molecule has 2 rings (SSSR count). The van der Waals surface area contributed by atoms with Crippen LogP contribution in [0, 0.1) is 13.8 Å². The van der Waals surface area contributed by atoms with E-state index in [2.05, 4.69) is 24.5 Å². The molecule has 1 saturated heterocycles. The molecule has 0 unspecified atom stereocenters. The van der Waals surface area contributed by atoms with Crippen LogP contribution in [0.1, 0.15) is 43.3 Å². The van der Waals surface area contributed by atoms with Crippen molar-refractivity contribution in [2.45, 2.75) is 40.2 Å². The van der Waals surface area contributed by atoms with Crippen LogP contribution in [0.5, 0.6) is 0 Å². The molecular formula is C16H20N2O3S2. The highest BCUT2D eigenvalue weighted by Gasteiger charge is 2.32. The highest BCUT2D eigenvalue weighted by Crippen LogP contribution is 2.34. The maximum absolute atomic E-state index is 12.4. The van der Waals surface area contributed by atoms with Crippen molar-refractivity contribution in [3.8, 4) is 0 Å². The van der Waals surface area contributed by atoms with Gasteiger partial charge in [0.25, 0.3) is 5.91 Å². The van der Waals surface area contributed by atoms with E-state index in [-0.39, 0.29) is 18.9 Å². The number of carboxylic acids is 1. The molecule has 0 bridgehead atoms. The normalized spacial score (nSPS) is 16.9. The van der Waals surface area contributed by atoms with E-state index in [4.69, 9.17) is 17.3 Å². The molecule has 0 spiro atoms. The van der Waals surface area contributed by atoms with Gasteiger partial charge in [0.2, 0.25) is 0 Å². The summed E-state index contributed by atoms with van der Waals surface area (Å²) >= 11 is 6.42. The summed E-state index contributed by atoms with van der Waals surface area (Å²) in [5.41, 5.74) is 3.24. The number of aromatic nitrogens is 1. The number of amides is 1. The molecule has 124 valence electrons. The number of hydrogen-bond acceptors (Lipinski definition) is 4. The summed E-state index contributed by atoms with van der Waals surface area (Å²) in [5, 5.41) is 8.76.